The molecular weight excluding hydrogens is 428 g/mol. The van der Waals surface area contributed by atoms with Crippen molar-refractivity contribution in [3.8, 4) is 5.75 Å². The van der Waals surface area contributed by atoms with E-state index in [0.29, 0.717) is 34.8 Å². The highest BCUT2D eigenvalue weighted by Gasteiger charge is 2.10. The maximum absolute atomic E-state index is 12.2. The molecular formula is C23H26N4O4S. The molecule has 0 fully saturated rings. The SMILES string of the molecule is CCOC(=O)c1ccc(NC(=O)CSc2n[nH]c(COc3ccc(C(C)C)cc3)n2)cc1. The van der Waals surface area contributed by atoms with Crippen molar-refractivity contribution in [1.29, 1.82) is 0 Å². The quantitative estimate of drug-likeness (QED) is 0.345. The fraction of sp³-hybridized carbons (Fsp3) is 0.304. The molecule has 0 saturated carbocycles. The molecule has 2 aromatic carbocycles. The van der Waals surface area contributed by atoms with Crippen LogP contribution in [0.2, 0.25) is 0 Å². The van der Waals surface area contributed by atoms with Crippen molar-refractivity contribution in [2.75, 3.05) is 17.7 Å². The summed E-state index contributed by atoms with van der Waals surface area (Å²) in [4.78, 5) is 28.2. The Morgan fingerprint density at radius 1 is 1.09 bits per heavy atom. The summed E-state index contributed by atoms with van der Waals surface area (Å²) in [6.07, 6.45) is 0. The van der Waals surface area contributed by atoms with E-state index >= 15 is 0 Å². The number of hydrogen-bond acceptors (Lipinski definition) is 7. The van der Waals surface area contributed by atoms with Crippen LogP contribution < -0.4 is 10.1 Å². The highest BCUT2D eigenvalue weighted by Crippen LogP contribution is 2.20. The number of benzene rings is 2. The molecule has 1 amide bonds. The molecule has 0 aliphatic carbocycles. The van der Waals surface area contributed by atoms with Gasteiger partial charge >= 0.3 is 5.97 Å². The second kappa shape index (κ2) is 11.3. The van der Waals surface area contributed by atoms with Crippen molar-refractivity contribution in [2.24, 2.45) is 0 Å². The first-order chi connectivity index (χ1) is 15.4. The number of nitrogens with zero attached hydrogens (tertiary/aromatic N) is 2. The monoisotopic (exact) mass is 454 g/mol. The van der Waals surface area contributed by atoms with E-state index < -0.39 is 5.97 Å². The normalized spacial score (nSPS) is 10.8. The second-order valence-corrected chi connectivity index (χ2v) is 8.15. The number of H-pyrrole nitrogens is 1. The molecule has 9 heteroatoms. The Morgan fingerprint density at radius 2 is 1.81 bits per heavy atom. The first-order valence-electron chi connectivity index (χ1n) is 10.3. The molecule has 1 aromatic heterocycles. The van der Waals surface area contributed by atoms with Gasteiger partial charge in [0.25, 0.3) is 0 Å². The molecule has 2 N–H and O–H groups in total. The number of esters is 1. The predicted molar refractivity (Wildman–Crippen MR) is 123 cm³/mol. The molecule has 0 aliphatic rings. The molecule has 3 aromatic rings. The Bertz CT molecular complexity index is 1030. The van der Waals surface area contributed by atoms with Crippen LogP contribution in [0.15, 0.2) is 53.7 Å². The number of aromatic amines is 1. The zero-order valence-corrected chi connectivity index (χ0v) is 19.1. The molecule has 1 heterocycles. The van der Waals surface area contributed by atoms with Gasteiger partial charge in [-0.15, -0.1) is 5.10 Å². The summed E-state index contributed by atoms with van der Waals surface area (Å²) < 4.78 is 10.7. The highest BCUT2D eigenvalue weighted by atomic mass is 32.2. The Morgan fingerprint density at radius 3 is 2.47 bits per heavy atom. The van der Waals surface area contributed by atoms with Crippen LogP contribution in [0, 0.1) is 0 Å². The number of ether oxygens (including phenoxy) is 2. The number of aromatic nitrogens is 3. The van der Waals surface area contributed by atoms with Crippen LogP contribution in [0.4, 0.5) is 5.69 Å². The van der Waals surface area contributed by atoms with Gasteiger partial charge in [-0.05, 0) is 54.8 Å². The summed E-state index contributed by atoms with van der Waals surface area (Å²) in [5.74, 6) is 1.36. The van der Waals surface area contributed by atoms with Gasteiger partial charge in [-0.25, -0.2) is 9.78 Å². The van der Waals surface area contributed by atoms with Gasteiger partial charge in [-0.2, -0.15) is 0 Å². The topological polar surface area (TPSA) is 106 Å². The van der Waals surface area contributed by atoms with Gasteiger partial charge in [0.05, 0.1) is 17.9 Å². The van der Waals surface area contributed by atoms with E-state index in [4.69, 9.17) is 9.47 Å². The maximum Gasteiger partial charge on any atom is 0.338 e. The van der Waals surface area contributed by atoms with Gasteiger partial charge in [0.15, 0.2) is 5.82 Å². The molecule has 0 radical (unpaired) electrons. The number of anilines is 1. The minimum Gasteiger partial charge on any atom is -0.486 e. The zero-order valence-electron chi connectivity index (χ0n) is 18.3. The van der Waals surface area contributed by atoms with Crippen molar-refractivity contribution in [2.45, 2.75) is 38.5 Å². The molecule has 0 spiro atoms. The minimum atomic E-state index is -0.391. The summed E-state index contributed by atoms with van der Waals surface area (Å²) in [6, 6.07) is 14.5. The first kappa shape index (κ1) is 23.3. The number of rotatable bonds is 10. The number of thioether (sulfide) groups is 1. The lowest BCUT2D eigenvalue weighted by Crippen LogP contribution is -2.14. The number of hydrogen-bond donors (Lipinski definition) is 2. The van der Waals surface area contributed by atoms with E-state index in [9.17, 15) is 9.59 Å². The average molecular weight is 455 g/mol. The molecule has 3 rings (SSSR count). The lowest BCUT2D eigenvalue weighted by Gasteiger charge is -2.07. The molecule has 0 unspecified atom stereocenters. The summed E-state index contributed by atoms with van der Waals surface area (Å²) in [5.41, 5.74) is 2.28. The highest BCUT2D eigenvalue weighted by molar-refractivity contribution is 7.99. The molecule has 0 atom stereocenters. The van der Waals surface area contributed by atoms with E-state index in [1.807, 2.05) is 24.3 Å². The molecule has 0 saturated heterocycles. The van der Waals surface area contributed by atoms with Crippen LogP contribution in [0.1, 0.15) is 48.4 Å². The number of carbonyl (C=O) groups excluding carboxylic acids is 2. The summed E-state index contributed by atoms with van der Waals surface area (Å²) >= 11 is 1.21. The predicted octanol–water partition coefficient (Wildman–Crippen LogP) is 4.41. The zero-order chi connectivity index (χ0) is 22.9. The third kappa shape index (κ3) is 6.84. The molecule has 0 aliphatic heterocycles. The van der Waals surface area contributed by atoms with Crippen LogP contribution in [-0.4, -0.2) is 39.4 Å². The summed E-state index contributed by atoms with van der Waals surface area (Å²) in [7, 11) is 0. The van der Waals surface area contributed by atoms with Crippen molar-refractivity contribution in [1.82, 2.24) is 15.2 Å². The molecule has 8 nitrogen and oxygen atoms in total. The van der Waals surface area contributed by atoms with Crippen LogP contribution in [0.5, 0.6) is 5.75 Å². The Kier molecular flexibility index (Phi) is 8.27. The first-order valence-corrected chi connectivity index (χ1v) is 11.3. The molecule has 0 bridgehead atoms. The lowest BCUT2D eigenvalue weighted by molar-refractivity contribution is -0.113. The van der Waals surface area contributed by atoms with Crippen molar-refractivity contribution in [3.63, 3.8) is 0 Å². The van der Waals surface area contributed by atoms with Gasteiger partial charge in [-0.1, -0.05) is 37.7 Å². The van der Waals surface area contributed by atoms with Gasteiger partial charge in [0.1, 0.15) is 12.4 Å². The minimum absolute atomic E-state index is 0.147. The second-order valence-electron chi connectivity index (χ2n) is 7.21. The van der Waals surface area contributed by atoms with E-state index in [0.717, 1.165) is 5.75 Å². The van der Waals surface area contributed by atoms with Gasteiger partial charge in [-0.3, -0.25) is 9.89 Å². The Labute approximate surface area is 191 Å². The number of nitrogens with one attached hydrogen (secondary N) is 2. The van der Waals surface area contributed by atoms with Crippen LogP contribution in [0.3, 0.4) is 0 Å². The van der Waals surface area contributed by atoms with E-state index in [-0.39, 0.29) is 18.3 Å². The Balaban J connectivity index is 1.43. The number of carbonyl (C=O) groups is 2. The standard InChI is InChI=1S/C23H26N4O4S/c1-4-30-22(29)17-5-9-18(10-6-17)24-21(28)14-32-23-25-20(26-27-23)13-31-19-11-7-16(8-12-19)15(2)3/h5-12,15H,4,13-14H2,1-3H3,(H,24,28)(H,25,26,27). The lowest BCUT2D eigenvalue weighted by atomic mass is 10.0. The third-order valence-electron chi connectivity index (χ3n) is 4.45. The maximum atomic E-state index is 12.2. The van der Waals surface area contributed by atoms with E-state index in [1.54, 1.807) is 31.2 Å². The van der Waals surface area contributed by atoms with Crippen molar-refractivity contribution < 1.29 is 19.1 Å². The van der Waals surface area contributed by atoms with E-state index in [2.05, 4.69) is 34.3 Å². The van der Waals surface area contributed by atoms with Crippen molar-refractivity contribution >= 4 is 29.3 Å². The van der Waals surface area contributed by atoms with Gasteiger partial charge < -0.3 is 14.8 Å². The number of amides is 1. The fourth-order valence-corrected chi connectivity index (χ4v) is 3.36. The molecule has 168 valence electrons. The average Bonchev–Trinajstić information content (AvgIpc) is 3.25. The van der Waals surface area contributed by atoms with Crippen LogP contribution in [-0.2, 0) is 16.1 Å². The van der Waals surface area contributed by atoms with Gasteiger partial charge in [0, 0.05) is 5.69 Å². The summed E-state index contributed by atoms with van der Waals surface area (Å²) in [5, 5.41) is 10.2. The summed E-state index contributed by atoms with van der Waals surface area (Å²) in [6.45, 7) is 6.61. The van der Waals surface area contributed by atoms with Crippen molar-refractivity contribution in [3.05, 3.63) is 65.5 Å². The smallest absolute Gasteiger partial charge is 0.338 e. The largest absolute Gasteiger partial charge is 0.486 e. The van der Waals surface area contributed by atoms with Crippen LogP contribution in [0.25, 0.3) is 0 Å². The third-order valence-corrected chi connectivity index (χ3v) is 5.29. The van der Waals surface area contributed by atoms with Crippen LogP contribution >= 0.6 is 11.8 Å². The molecule has 32 heavy (non-hydrogen) atoms. The van der Waals surface area contributed by atoms with Gasteiger partial charge in [0.2, 0.25) is 11.1 Å². The fourth-order valence-electron chi connectivity index (χ4n) is 2.74. The Hall–Kier alpha value is -3.33. The van der Waals surface area contributed by atoms with E-state index in [1.165, 1.54) is 17.3 Å².